The van der Waals surface area contributed by atoms with E-state index in [1.807, 2.05) is 0 Å². The minimum atomic E-state index is -0.596. The summed E-state index contributed by atoms with van der Waals surface area (Å²) >= 11 is 0. The van der Waals surface area contributed by atoms with Gasteiger partial charge in [0.15, 0.2) is 0 Å². The highest BCUT2D eigenvalue weighted by molar-refractivity contribution is 4.47. The van der Waals surface area contributed by atoms with Gasteiger partial charge in [0.2, 0.25) is 0 Å². The largest absolute Gasteiger partial charge is 0.412 e. The van der Waals surface area contributed by atoms with Crippen LogP contribution >= 0.6 is 0 Å². The summed E-state index contributed by atoms with van der Waals surface area (Å²) in [5.74, 6) is 0. The molecule has 0 saturated heterocycles. The average Bonchev–Trinajstić information content (AvgIpc) is 1.80. The van der Waals surface area contributed by atoms with Crippen molar-refractivity contribution in [2.45, 2.75) is 52.1 Å². The van der Waals surface area contributed by atoms with E-state index in [1.165, 1.54) is 19.3 Å². The van der Waals surface area contributed by atoms with Crippen molar-refractivity contribution < 1.29 is 9.87 Å². The zero-order chi connectivity index (χ0) is 7.11. The summed E-state index contributed by atoms with van der Waals surface area (Å²) in [6.45, 7) is 3.80. The summed E-state index contributed by atoms with van der Waals surface area (Å²) in [6, 6.07) is 0. The van der Waals surface area contributed by atoms with Crippen molar-refractivity contribution in [2.75, 3.05) is 0 Å². The third kappa shape index (κ3) is 10.8. The highest BCUT2D eigenvalue weighted by Crippen LogP contribution is 2.06. The third-order valence-electron chi connectivity index (χ3n) is 1.46. The summed E-state index contributed by atoms with van der Waals surface area (Å²) < 4.78 is 12.1. The lowest BCUT2D eigenvalue weighted by molar-refractivity contribution is 0.330. The van der Waals surface area contributed by atoms with Gasteiger partial charge in [0.05, 0.1) is 6.17 Å². The van der Waals surface area contributed by atoms with Crippen LogP contribution in [0.25, 0.3) is 0 Å². The standard InChI is InChI=1S/C8H17F.H2O/c1-3-4-5-6-7-8(2)9;/h8H,3-7H2,1-2H3;1H2. The first-order chi connectivity index (χ1) is 4.27. The van der Waals surface area contributed by atoms with Gasteiger partial charge in [-0.3, -0.25) is 0 Å². The Hall–Kier alpha value is -0.110. The maximum atomic E-state index is 12.1. The first kappa shape index (κ1) is 12.6. The smallest absolute Gasteiger partial charge is 0.0973 e. The van der Waals surface area contributed by atoms with Gasteiger partial charge in [-0.05, 0) is 13.3 Å². The fourth-order valence-electron chi connectivity index (χ4n) is 0.852. The van der Waals surface area contributed by atoms with Crippen molar-refractivity contribution in [3.05, 3.63) is 0 Å². The lowest BCUT2D eigenvalue weighted by Gasteiger charge is -1.99. The van der Waals surface area contributed by atoms with Crippen molar-refractivity contribution in [1.29, 1.82) is 0 Å². The molecule has 0 aliphatic carbocycles. The predicted octanol–water partition coefficient (Wildman–Crippen LogP) is 2.49. The van der Waals surface area contributed by atoms with Crippen molar-refractivity contribution in [2.24, 2.45) is 0 Å². The Morgan fingerprint density at radius 3 is 2.20 bits per heavy atom. The SMILES string of the molecule is CCCCCCC(C)F.O. The fraction of sp³-hybridized carbons (Fsp3) is 1.00. The van der Waals surface area contributed by atoms with Crippen LogP contribution in [0.1, 0.15) is 46.0 Å². The monoisotopic (exact) mass is 150 g/mol. The molecule has 0 rings (SSSR count). The maximum absolute atomic E-state index is 12.1. The van der Waals surface area contributed by atoms with Crippen LogP contribution in [0.4, 0.5) is 4.39 Å². The number of rotatable bonds is 5. The second kappa shape index (κ2) is 8.89. The van der Waals surface area contributed by atoms with Gasteiger partial charge >= 0.3 is 0 Å². The second-order valence-corrected chi connectivity index (χ2v) is 2.63. The Balaban J connectivity index is 0. The minimum absolute atomic E-state index is 0. The molecule has 1 unspecified atom stereocenters. The first-order valence-electron chi connectivity index (χ1n) is 3.91. The lowest BCUT2D eigenvalue weighted by Crippen LogP contribution is -1.90. The molecular formula is C8H19FO. The van der Waals surface area contributed by atoms with Crippen LogP contribution in [-0.4, -0.2) is 11.6 Å². The first-order valence-corrected chi connectivity index (χ1v) is 3.91. The zero-order valence-electron chi connectivity index (χ0n) is 6.99. The van der Waals surface area contributed by atoms with Gasteiger partial charge in [0.25, 0.3) is 0 Å². The van der Waals surface area contributed by atoms with Crippen molar-refractivity contribution in [1.82, 2.24) is 0 Å². The van der Waals surface area contributed by atoms with Crippen LogP contribution in [0.3, 0.4) is 0 Å². The molecule has 0 aliphatic rings. The van der Waals surface area contributed by atoms with Gasteiger partial charge in [-0.1, -0.05) is 32.6 Å². The van der Waals surface area contributed by atoms with E-state index in [-0.39, 0.29) is 5.48 Å². The fourth-order valence-corrected chi connectivity index (χ4v) is 0.852. The maximum Gasteiger partial charge on any atom is 0.0973 e. The van der Waals surface area contributed by atoms with Crippen LogP contribution in [-0.2, 0) is 0 Å². The lowest BCUT2D eigenvalue weighted by atomic mass is 10.1. The molecule has 0 aromatic carbocycles. The molecule has 0 radical (unpaired) electrons. The van der Waals surface area contributed by atoms with Gasteiger partial charge in [0, 0.05) is 0 Å². The van der Waals surface area contributed by atoms with E-state index in [0.717, 1.165) is 12.8 Å². The number of hydrogen-bond acceptors (Lipinski definition) is 0. The molecule has 0 bridgehead atoms. The molecule has 2 N–H and O–H groups in total. The molecule has 0 amide bonds. The third-order valence-corrected chi connectivity index (χ3v) is 1.46. The van der Waals surface area contributed by atoms with Crippen molar-refractivity contribution in [3.63, 3.8) is 0 Å². The van der Waals surface area contributed by atoms with Gasteiger partial charge in [-0.15, -0.1) is 0 Å². The zero-order valence-corrected chi connectivity index (χ0v) is 6.99. The number of alkyl halides is 1. The Bertz CT molecular complexity index is 55.2. The Morgan fingerprint density at radius 1 is 1.20 bits per heavy atom. The van der Waals surface area contributed by atoms with E-state index in [1.54, 1.807) is 6.92 Å². The molecule has 0 aromatic rings. The molecule has 0 aliphatic heterocycles. The van der Waals surface area contributed by atoms with E-state index in [2.05, 4.69) is 6.92 Å². The second-order valence-electron chi connectivity index (χ2n) is 2.63. The molecule has 1 nitrogen and oxygen atoms in total. The van der Waals surface area contributed by atoms with E-state index < -0.39 is 6.17 Å². The van der Waals surface area contributed by atoms with E-state index in [0.29, 0.717) is 0 Å². The van der Waals surface area contributed by atoms with Crippen LogP contribution in [0, 0.1) is 0 Å². The van der Waals surface area contributed by atoms with Gasteiger partial charge in [-0.2, -0.15) is 0 Å². The van der Waals surface area contributed by atoms with Gasteiger partial charge in [0.1, 0.15) is 0 Å². The number of hydrogen-bond donors (Lipinski definition) is 0. The van der Waals surface area contributed by atoms with E-state index in [4.69, 9.17) is 0 Å². The molecule has 1 atom stereocenters. The minimum Gasteiger partial charge on any atom is -0.412 e. The molecule has 0 fully saturated rings. The highest BCUT2D eigenvalue weighted by atomic mass is 19.1. The molecule has 64 valence electrons. The van der Waals surface area contributed by atoms with E-state index in [9.17, 15) is 4.39 Å². The number of unbranched alkanes of at least 4 members (excludes halogenated alkanes) is 3. The Labute approximate surface area is 62.9 Å². The summed E-state index contributed by atoms with van der Waals surface area (Å²) in [6.07, 6.45) is 4.91. The van der Waals surface area contributed by atoms with Crippen LogP contribution in [0.15, 0.2) is 0 Å². The van der Waals surface area contributed by atoms with Gasteiger partial charge < -0.3 is 5.48 Å². The molecule has 0 heterocycles. The van der Waals surface area contributed by atoms with Gasteiger partial charge in [-0.25, -0.2) is 4.39 Å². The summed E-state index contributed by atoms with van der Waals surface area (Å²) in [5.41, 5.74) is 0. The normalized spacial score (nSPS) is 12.3. The predicted molar refractivity (Wildman–Crippen MR) is 42.9 cm³/mol. The summed E-state index contributed by atoms with van der Waals surface area (Å²) in [5, 5.41) is 0. The Morgan fingerprint density at radius 2 is 1.80 bits per heavy atom. The van der Waals surface area contributed by atoms with Crippen molar-refractivity contribution in [3.8, 4) is 0 Å². The summed E-state index contributed by atoms with van der Waals surface area (Å²) in [4.78, 5) is 0. The molecule has 0 spiro atoms. The van der Waals surface area contributed by atoms with Crippen LogP contribution in [0.2, 0.25) is 0 Å². The topological polar surface area (TPSA) is 31.5 Å². The van der Waals surface area contributed by atoms with Crippen LogP contribution < -0.4 is 0 Å². The summed E-state index contributed by atoms with van der Waals surface area (Å²) in [7, 11) is 0. The van der Waals surface area contributed by atoms with Crippen molar-refractivity contribution >= 4 is 0 Å². The highest BCUT2D eigenvalue weighted by Gasteiger charge is 1.95. The Kier molecular flexibility index (Phi) is 11.2. The molecule has 0 aromatic heterocycles. The van der Waals surface area contributed by atoms with Crippen LogP contribution in [0.5, 0.6) is 0 Å². The number of halogens is 1. The molecule has 2 heteroatoms. The average molecular weight is 150 g/mol. The molecule has 10 heavy (non-hydrogen) atoms. The molecule has 0 saturated carbocycles. The quantitative estimate of drug-likeness (QED) is 0.539. The van der Waals surface area contributed by atoms with E-state index >= 15 is 0 Å². The molecular weight excluding hydrogens is 131 g/mol.